The van der Waals surface area contributed by atoms with Crippen LogP contribution in [0, 0.1) is 13.8 Å². The molecule has 0 atom stereocenters. The summed E-state index contributed by atoms with van der Waals surface area (Å²) in [6.07, 6.45) is 1.87. The molecule has 8 nitrogen and oxygen atoms in total. The number of carbonyl (C=O) groups is 2. The molecule has 0 saturated carbocycles. The molecule has 0 aliphatic rings. The summed E-state index contributed by atoms with van der Waals surface area (Å²) in [5.41, 5.74) is 4.06. The van der Waals surface area contributed by atoms with Gasteiger partial charge in [-0.1, -0.05) is 24.3 Å². The molecular formula is C25H24N4O4. The lowest BCUT2D eigenvalue weighted by molar-refractivity contribution is 0.101. The van der Waals surface area contributed by atoms with Crippen LogP contribution in [-0.2, 0) is 0 Å². The lowest BCUT2D eigenvalue weighted by Crippen LogP contribution is -2.17. The van der Waals surface area contributed by atoms with Crippen LogP contribution < -0.4 is 20.1 Å². The predicted molar refractivity (Wildman–Crippen MR) is 127 cm³/mol. The standard InChI is InChI=1S/C25H24N4O4/c1-15-10-11-22-26-16(2)23(29(22)14-15)25(31)28-19-13-20(32-3)18(12-21(19)33-4)27-24(30)17-8-6-5-7-9-17/h5-14H,1-4H3,(H,27,30)(H,28,31). The summed E-state index contributed by atoms with van der Waals surface area (Å²) in [6, 6.07) is 15.9. The van der Waals surface area contributed by atoms with Crippen LogP contribution in [0.3, 0.4) is 0 Å². The van der Waals surface area contributed by atoms with Gasteiger partial charge < -0.3 is 20.1 Å². The van der Waals surface area contributed by atoms with Crippen molar-refractivity contribution in [3.63, 3.8) is 0 Å². The molecule has 2 amide bonds. The topological polar surface area (TPSA) is 94.0 Å². The van der Waals surface area contributed by atoms with E-state index in [1.165, 1.54) is 14.2 Å². The number of rotatable bonds is 6. The Bertz CT molecular complexity index is 1350. The number of aromatic nitrogens is 2. The molecule has 0 bridgehead atoms. The molecule has 0 radical (unpaired) electrons. The summed E-state index contributed by atoms with van der Waals surface area (Å²) in [4.78, 5) is 30.3. The number of imidazole rings is 1. The molecule has 2 aromatic heterocycles. The van der Waals surface area contributed by atoms with Crippen LogP contribution in [0.15, 0.2) is 60.8 Å². The SMILES string of the molecule is COc1cc(NC(=O)c2c(C)nc3ccc(C)cn23)c(OC)cc1NC(=O)c1ccccc1. The maximum Gasteiger partial charge on any atom is 0.274 e. The third-order valence-electron chi connectivity index (χ3n) is 5.21. The fourth-order valence-electron chi connectivity index (χ4n) is 3.60. The average molecular weight is 444 g/mol. The van der Waals surface area contributed by atoms with Crippen molar-refractivity contribution in [1.29, 1.82) is 0 Å². The number of amides is 2. The minimum absolute atomic E-state index is 0.288. The molecule has 8 heteroatoms. The second-order valence-corrected chi connectivity index (χ2v) is 7.51. The Morgan fingerprint density at radius 3 is 2.06 bits per heavy atom. The molecule has 0 fully saturated rings. The van der Waals surface area contributed by atoms with Crippen LogP contribution in [0.5, 0.6) is 11.5 Å². The lowest BCUT2D eigenvalue weighted by Gasteiger charge is -2.16. The maximum atomic E-state index is 13.2. The zero-order valence-corrected chi connectivity index (χ0v) is 18.8. The van der Waals surface area contributed by atoms with E-state index >= 15 is 0 Å². The minimum Gasteiger partial charge on any atom is -0.494 e. The number of anilines is 2. The summed E-state index contributed by atoms with van der Waals surface area (Å²) < 4.78 is 12.7. The van der Waals surface area contributed by atoms with Crippen molar-refractivity contribution in [1.82, 2.24) is 9.38 Å². The monoisotopic (exact) mass is 444 g/mol. The first kappa shape index (κ1) is 21.9. The molecule has 33 heavy (non-hydrogen) atoms. The number of nitrogens with one attached hydrogen (secondary N) is 2. The third-order valence-corrected chi connectivity index (χ3v) is 5.21. The van der Waals surface area contributed by atoms with Crippen molar-refractivity contribution < 1.29 is 19.1 Å². The van der Waals surface area contributed by atoms with Crippen LogP contribution in [0.1, 0.15) is 32.1 Å². The highest BCUT2D eigenvalue weighted by atomic mass is 16.5. The van der Waals surface area contributed by atoms with Crippen molar-refractivity contribution in [3.05, 3.63) is 83.3 Å². The minimum atomic E-state index is -0.341. The summed E-state index contributed by atoms with van der Waals surface area (Å²) in [5.74, 6) is 0.118. The number of nitrogens with zero attached hydrogens (tertiary/aromatic N) is 2. The predicted octanol–water partition coefficient (Wildman–Crippen LogP) is 4.47. The van der Waals surface area contributed by atoms with Gasteiger partial charge in [-0.3, -0.25) is 14.0 Å². The largest absolute Gasteiger partial charge is 0.494 e. The second-order valence-electron chi connectivity index (χ2n) is 7.51. The van der Waals surface area contributed by atoms with Crippen LogP contribution in [-0.4, -0.2) is 35.4 Å². The number of aryl methyl sites for hydroxylation is 2. The normalized spacial score (nSPS) is 10.7. The summed E-state index contributed by atoms with van der Waals surface area (Å²) in [5, 5.41) is 5.72. The van der Waals surface area contributed by atoms with Crippen LogP contribution in [0.4, 0.5) is 11.4 Å². The van der Waals surface area contributed by atoms with Crippen molar-refractivity contribution >= 4 is 28.8 Å². The number of methoxy groups -OCH3 is 2. The second kappa shape index (κ2) is 9.04. The first-order valence-electron chi connectivity index (χ1n) is 10.3. The zero-order chi connectivity index (χ0) is 23.5. The van der Waals surface area contributed by atoms with Crippen molar-refractivity contribution in [3.8, 4) is 11.5 Å². The lowest BCUT2D eigenvalue weighted by atomic mass is 10.2. The first-order valence-corrected chi connectivity index (χ1v) is 10.3. The highest BCUT2D eigenvalue weighted by Gasteiger charge is 2.20. The molecule has 2 heterocycles. The Morgan fingerprint density at radius 1 is 0.848 bits per heavy atom. The van der Waals surface area contributed by atoms with E-state index in [1.807, 2.05) is 31.3 Å². The summed E-state index contributed by atoms with van der Waals surface area (Å²) in [7, 11) is 2.98. The molecule has 0 aliphatic carbocycles. The van der Waals surface area contributed by atoms with Gasteiger partial charge in [-0.2, -0.15) is 0 Å². The van der Waals surface area contributed by atoms with Gasteiger partial charge in [0.15, 0.2) is 0 Å². The summed E-state index contributed by atoms with van der Waals surface area (Å²) >= 11 is 0. The number of hydrogen-bond acceptors (Lipinski definition) is 5. The van der Waals surface area contributed by atoms with Gasteiger partial charge in [-0.15, -0.1) is 0 Å². The first-order chi connectivity index (χ1) is 15.9. The van der Waals surface area contributed by atoms with Crippen molar-refractivity contribution in [2.45, 2.75) is 13.8 Å². The molecule has 4 aromatic rings. The number of fused-ring (bicyclic) bond motifs is 1. The molecule has 2 aromatic carbocycles. The smallest absolute Gasteiger partial charge is 0.274 e. The van der Waals surface area contributed by atoms with Gasteiger partial charge in [0.05, 0.1) is 31.3 Å². The van der Waals surface area contributed by atoms with Gasteiger partial charge >= 0.3 is 0 Å². The molecule has 4 rings (SSSR count). The number of carbonyl (C=O) groups excluding carboxylic acids is 2. The third kappa shape index (κ3) is 4.36. The van der Waals surface area contributed by atoms with E-state index in [0.717, 1.165) is 5.56 Å². The highest BCUT2D eigenvalue weighted by molar-refractivity contribution is 6.07. The Morgan fingerprint density at radius 2 is 1.45 bits per heavy atom. The molecule has 168 valence electrons. The van der Waals surface area contributed by atoms with Gasteiger partial charge in [0, 0.05) is 23.9 Å². The van der Waals surface area contributed by atoms with Gasteiger partial charge in [-0.05, 0) is 37.6 Å². The maximum absolute atomic E-state index is 13.2. The van der Waals surface area contributed by atoms with E-state index in [9.17, 15) is 9.59 Å². The van der Waals surface area contributed by atoms with E-state index < -0.39 is 0 Å². The Labute approximate surface area is 191 Å². The van der Waals surface area contributed by atoms with E-state index in [1.54, 1.807) is 47.7 Å². The fraction of sp³-hybridized carbons (Fsp3) is 0.160. The Hall–Kier alpha value is -4.33. The van der Waals surface area contributed by atoms with Crippen molar-refractivity contribution in [2.24, 2.45) is 0 Å². The number of pyridine rings is 1. The summed E-state index contributed by atoms with van der Waals surface area (Å²) in [6.45, 7) is 3.74. The molecule has 0 spiro atoms. The van der Waals surface area contributed by atoms with Gasteiger partial charge in [0.1, 0.15) is 22.8 Å². The number of ether oxygens (including phenoxy) is 2. The van der Waals surface area contributed by atoms with E-state index in [-0.39, 0.29) is 11.8 Å². The molecule has 0 aliphatic heterocycles. The molecular weight excluding hydrogens is 420 g/mol. The number of hydrogen-bond donors (Lipinski definition) is 2. The van der Waals surface area contributed by atoms with Crippen LogP contribution >= 0.6 is 0 Å². The molecule has 2 N–H and O–H groups in total. The Kier molecular flexibility index (Phi) is 5.99. The molecule has 0 unspecified atom stereocenters. The number of benzene rings is 2. The van der Waals surface area contributed by atoms with Gasteiger partial charge in [-0.25, -0.2) is 4.98 Å². The van der Waals surface area contributed by atoms with Crippen LogP contribution in [0.2, 0.25) is 0 Å². The quantitative estimate of drug-likeness (QED) is 0.458. The van der Waals surface area contributed by atoms with E-state index in [0.29, 0.717) is 45.5 Å². The highest BCUT2D eigenvalue weighted by Crippen LogP contribution is 2.37. The average Bonchev–Trinajstić information content (AvgIpc) is 3.15. The van der Waals surface area contributed by atoms with Crippen LogP contribution in [0.25, 0.3) is 5.65 Å². The Balaban J connectivity index is 1.66. The van der Waals surface area contributed by atoms with Crippen molar-refractivity contribution in [2.75, 3.05) is 24.9 Å². The van der Waals surface area contributed by atoms with Gasteiger partial charge in [0.2, 0.25) is 0 Å². The molecule has 0 saturated heterocycles. The fourth-order valence-corrected chi connectivity index (χ4v) is 3.60. The van der Waals surface area contributed by atoms with E-state index in [2.05, 4.69) is 15.6 Å². The van der Waals surface area contributed by atoms with Gasteiger partial charge in [0.25, 0.3) is 11.8 Å². The zero-order valence-electron chi connectivity index (χ0n) is 18.8. The van der Waals surface area contributed by atoms with E-state index in [4.69, 9.17) is 9.47 Å².